The maximum Gasteiger partial charge on any atom is 0.155 e. The third-order valence-corrected chi connectivity index (χ3v) is 6.26. The average Bonchev–Trinajstić information content (AvgIpc) is 3.52. The van der Waals surface area contributed by atoms with Crippen LogP contribution in [-0.4, -0.2) is 26.3 Å². The fourth-order valence-electron chi connectivity index (χ4n) is 4.40. The molecule has 3 N–H and O–H groups in total. The van der Waals surface area contributed by atoms with Crippen LogP contribution >= 0.6 is 0 Å². The van der Waals surface area contributed by atoms with Gasteiger partial charge in [0.05, 0.1) is 12.3 Å². The Morgan fingerprint density at radius 2 is 1.94 bits per heavy atom. The topological polar surface area (TPSA) is 118 Å². The van der Waals surface area contributed by atoms with Gasteiger partial charge in [-0.2, -0.15) is 10.6 Å². The quantitative estimate of drug-likeness (QED) is 0.233. The lowest BCUT2D eigenvalue weighted by Crippen LogP contribution is -2.20. The zero-order valence-corrected chi connectivity index (χ0v) is 19.0. The molecule has 2 aliphatic rings. The summed E-state index contributed by atoms with van der Waals surface area (Å²) >= 11 is 0. The van der Waals surface area contributed by atoms with Gasteiger partial charge in [-0.1, -0.05) is 56.2 Å². The summed E-state index contributed by atoms with van der Waals surface area (Å²) in [6.07, 6.45) is 9.57. The van der Waals surface area contributed by atoms with Crippen molar-refractivity contribution in [3.8, 4) is 0 Å². The van der Waals surface area contributed by atoms with Gasteiger partial charge in [0.25, 0.3) is 0 Å². The maximum atomic E-state index is 6.98. The van der Waals surface area contributed by atoms with Crippen LogP contribution in [0, 0.1) is 17.4 Å². The molecule has 1 aromatic heterocycles. The van der Waals surface area contributed by atoms with E-state index in [0.717, 1.165) is 80.0 Å². The summed E-state index contributed by atoms with van der Waals surface area (Å²) in [7, 11) is 0. The van der Waals surface area contributed by atoms with Gasteiger partial charge in [0, 0.05) is 36.1 Å². The first-order chi connectivity index (χ1) is 15.7. The van der Waals surface area contributed by atoms with E-state index in [2.05, 4.69) is 28.9 Å². The van der Waals surface area contributed by atoms with Crippen molar-refractivity contribution in [1.29, 1.82) is 5.53 Å². The predicted molar refractivity (Wildman–Crippen MR) is 126 cm³/mol. The van der Waals surface area contributed by atoms with Crippen LogP contribution in [0.3, 0.4) is 0 Å². The Morgan fingerprint density at radius 1 is 1.16 bits per heavy atom. The third-order valence-electron chi connectivity index (χ3n) is 6.26. The highest BCUT2D eigenvalue weighted by Crippen LogP contribution is 2.49. The summed E-state index contributed by atoms with van der Waals surface area (Å²) in [4.78, 5) is 9.69. The Balaban J connectivity index is 1.58. The number of aryl methyl sites for hydroxylation is 2. The van der Waals surface area contributed by atoms with Gasteiger partial charge in [-0.3, -0.25) is 4.99 Å². The molecule has 32 heavy (non-hydrogen) atoms. The van der Waals surface area contributed by atoms with Crippen LogP contribution in [0.5, 0.6) is 0 Å². The monoisotopic (exact) mass is 432 g/mol. The minimum absolute atomic E-state index is 0.244. The second-order valence-electron chi connectivity index (χ2n) is 8.61. The molecule has 168 valence electrons. The molecule has 2 heterocycles. The predicted octanol–water partition coefficient (Wildman–Crippen LogP) is 4.64. The molecule has 1 aromatic carbocycles. The number of aliphatic imine (C=N–C) groups is 1. The summed E-state index contributed by atoms with van der Waals surface area (Å²) in [6, 6.07) is 7.83. The van der Waals surface area contributed by atoms with Crippen LogP contribution in [-0.2, 0) is 19.4 Å². The molecule has 1 fully saturated rings. The molecule has 2 aromatic rings. The maximum absolute atomic E-state index is 6.98. The number of nitrogens with two attached hydrogens (primary N) is 1. The van der Waals surface area contributed by atoms with E-state index in [0.29, 0.717) is 11.8 Å². The molecule has 1 saturated carbocycles. The number of rotatable bonds is 11. The van der Waals surface area contributed by atoms with E-state index in [-0.39, 0.29) is 5.84 Å². The fraction of sp³-hybridized carbons (Fsp3) is 0.500. The molecule has 0 radical (unpaired) electrons. The molecular formula is C24H32N8. The van der Waals surface area contributed by atoms with Gasteiger partial charge in [-0.25, -0.2) is 9.67 Å². The molecule has 0 bridgehead atoms. The highest BCUT2D eigenvalue weighted by Gasteiger charge is 2.46. The summed E-state index contributed by atoms with van der Waals surface area (Å²) in [5, 5.41) is 11.6. The number of amidine groups is 1. The Labute approximate surface area is 189 Å². The number of unbranched alkanes of at least 4 members (excludes halogenated alkanes) is 2. The minimum atomic E-state index is 0.244. The molecular weight excluding hydrogens is 400 g/mol. The van der Waals surface area contributed by atoms with Crippen LogP contribution in [0.4, 0.5) is 0 Å². The van der Waals surface area contributed by atoms with Crippen LogP contribution in [0.15, 0.2) is 51.4 Å². The van der Waals surface area contributed by atoms with Gasteiger partial charge in [0.1, 0.15) is 5.82 Å². The van der Waals surface area contributed by atoms with Crippen molar-refractivity contribution in [1.82, 2.24) is 14.8 Å². The van der Waals surface area contributed by atoms with Gasteiger partial charge in [0.15, 0.2) is 11.7 Å². The van der Waals surface area contributed by atoms with E-state index < -0.39 is 0 Å². The molecule has 4 rings (SSSR count). The lowest BCUT2D eigenvalue weighted by atomic mass is 9.95. The van der Waals surface area contributed by atoms with Gasteiger partial charge in [0.2, 0.25) is 0 Å². The summed E-state index contributed by atoms with van der Waals surface area (Å²) in [5.41, 5.74) is 17.2. The second-order valence-corrected chi connectivity index (χ2v) is 8.61. The first-order valence-electron chi connectivity index (χ1n) is 11.6. The molecule has 0 spiro atoms. The zero-order chi connectivity index (χ0) is 22.5. The number of nitrogens with one attached hydrogen (secondary N) is 1. The van der Waals surface area contributed by atoms with Gasteiger partial charge < -0.3 is 5.73 Å². The number of hydrogen-bond acceptors (Lipinski definition) is 5. The van der Waals surface area contributed by atoms with Crippen LogP contribution in [0.25, 0.3) is 0 Å². The third kappa shape index (κ3) is 4.69. The summed E-state index contributed by atoms with van der Waals surface area (Å²) in [5.74, 6) is 3.18. The van der Waals surface area contributed by atoms with Crippen molar-refractivity contribution < 1.29 is 0 Å². The molecule has 8 nitrogen and oxygen atoms in total. The van der Waals surface area contributed by atoms with Crippen LogP contribution in [0.2, 0.25) is 0 Å². The van der Waals surface area contributed by atoms with Gasteiger partial charge >= 0.3 is 0 Å². The summed E-state index contributed by atoms with van der Waals surface area (Å²) < 4.78 is 2.11. The molecule has 0 saturated heterocycles. The fourth-order valence-corrected chi connectivity index (χ4v) is 4.40. The normalized spacial score (nSPS) is 19.9. The Kier molecular flexibility index (Phi) is 6.87. The van der Waals surface area contributed by atoms with Gasteiger partial charge in [-0.15, -0.1) is 5.10 Å². The van der Waals surface area contributed by atoms with Gasteiger partial charge in [-0.05, 0) is 30.8 Å². The van der Waals surface area contributed by atoms with Crippen molar-refractivity contribution in [3.05, 3.63) is 58.8 Å². The average molecular weight is 433 g/mol. The van der Waals surface area contributed by atoms with E-state index in [1.54, 1.807) is 0 Å². The van der Waals surface area contributed by atoms with Crippen molar-refractivity contribution in [2.75, 3.05) is 0 Å². The van der Waals surface area contributed by atoms with Crippen molar-refractivity contribution in [2.24, 2.45) is 32.9 Å². The molecule has 2 atom stereocenters. The lowest BCUT2D eigenvalue weighted by Gasteiger charge is -2.16. The number of fused-ring (bicyclic) bond motifs is 1. The largest absolute Gasteiger partial charge is 0.382 e. The molecule has 1 aliphatic heterocycles. The highest BCUT2D eigenvalue weighted by molar-refractivity contribution is 6.13. The number of benzene rings is 1. The Hall–Kier alpha value is -3.16. The van der Waals surface area contributed by atoms with E-state index in [4.69, 9.17) is 26.3 Å². The molecule has 8 heteroatoms. The van der Waals surface area contributed by atoms with Crippen LogP contribution in [0.1, 0.15) is 68.7 Å². The SMILES string of the molecule is CCCCc1nc(CCCC)n(CC2=CN=C(c3ccccc3/C(N)=N/N=N)C3CC23)n1. The second kappa shape index (κ2) is 9.97. The molecule has 1 aliphatic carbocycles. The van der Waals surface area contributed by atoms with E-state index >= 15 is 0 Å². The van der Waals surface area contributed by atoms with Crippen molar-refractivity contribution in [3.63, 3.8) is 0 Å². The zero-order valence-electron chi connectivity index (χ0n) is 19.0. The van der Waals surface area contributed by atoms with Crippen molar-refractivity contribution >= 4 is 11.5 Å². The van der Waals surface area contributed by atoms with E-state index in [1.165, 1.54) is 5.57 Å². The Bertz CT molecular complexity index is 1060. The number of hydrogen-bond donors (Lipinski definition) is 2. The Morgan fingerprint density at radius 3 is 2.72 bits per heavy atom. The van der Waals surface area contributed by atoms with E-state index in [9.17, 15) is 0 Å². The number of nitrogens with zero attached hydrogens (tertiary/aromatic N) is 6. The van der Waals surface area contributed by atoms with Crippen LogP contribution < -0.4 is 5.73 Å². The lowest BCUT2D eigenvalue weighted by molar-refractivity contribution is 0.586. The minimum Gasteiger partial charge on any atom is -0.382 e. The van der Waals surface area contributed by atoms with E-state index in [1.807, 2.05) is 30.5 Å². The highest BCUT2D eigenvalue weighted by atomic mass is 15.3. The number of allylic oxidation sites excluding steroid dienone is 1. The standard InChI is InChI=1S/C24H32N8/c1-3-5-11-21-28-22(12-6-4-2)32(30-21)15-16-14-27-23(20-13-19(16)20)17-9-7-8-10-18(17)24(25)29-31-26/h7-10,14,19-20H,3-6,11-13,15H2,1-2H3,(H3,25,26,29). The smallest absolute Gasteiger partial charge is 0.155 e. The summed E-state index contributed by atoms with van der Waals surface area (Å²) in [6.45, 7) is 5.17. The first-order valence-corrected chi connectivity index (χ1v) is 11.6. The van der Waals surface area contributed by atoms with Crippen molar-refractivity contribution in [2.45, 2.75) is 65.3 Å². The first kappa shape index (κ1) is 22.0. The molecule has 2 unspecified atom stereocenters. The number of aromatic nitrogens is 3. The molecule has 0 amide bonds.